The van der Waals surface area contributed by atoms with Crippen LogP contribution in [0.15, 0.2) is 17.6 Å². The lowest BCUT2D eigenvalue weighted by atomic mass is 10.2. The molecule has 3 heterocycles. The average molecular weight is 345 g/mol. The molecule has 1 saturated carbocycles. The van der Waals surface area contributed by atoms with Gasteiger partial charge in [0.2, 0.25) is 5.13 Å². The molecule has 23 heavy (non-hydrogen) atoms. The van der Waals surface area contributed by atoms with Crippen LogP contribution < -0.4 is 5.32 Å². The zero-order valence-corrected chi connectivity index (χ0v) is 14.4. The van der Waals surface area contributed by atoms with Gasteiger partial charge in [-0.3, -0.25) is 10.1 Å². The largest absolute Gasteiger partial charge is 0.346 e. The van der Waals surface area contributed by atoms with Crippen molar-refractivity contribution in [2.75, 3.05) is 5.32 Å². The van der Waals surface area contributed by atoms with Crippen molar-refractivity contribution in [2.45, 2.75) is 25.7 Å². The van der Waals surface area contributed by atoms with Crippen molar-refractivity contribution in [3.63, 3.8) is 0 Å². The van der Waals surface area contributed by atoms with E-state index in [0.717, 1.165) is 21.3 Å². The minimum Gasteiger partial charge on any atom is -0.346 e. The number of hydrogen-bond donors (Lipinski definition) is 1. The summed E-state index contributed by atoms with van der Waals surface area (Å²) in [4.78, 5) is 16.9. The SMILES string of the molecule is Cc1nc(-c2cc(C(=O)Nc3nnc(C4CC4)s3)n(C)c2)cs1. The topological polar surface area (TPSA) is 72.7 Å². The lowest BCUT2D eigenvalue weighted by Gasteiger charge is -2.01. The summed E-state index contributed by atoms with van der Waals surface area (Å²) in [7, 11) is 1.85. The maximum Gasteiger partial charge on any atom is 0.274 e. The van der Waals surface area contributed by atoms with Crippen molar-refractivity contribution in [1.29, 1.82) is 0 Å². The highest BCUT2D eigenvalue weighted by atomic mass is 32.1. The number of nitrogens with one attached hydrogen (secondary N) is 1. The Hall–Kier alpha value is -2.06. The van der Waals surface area contributed by atoms with Crippen molar-refractivity contribution < 1.29 is 4.79 Å². The molecular formula is C15H15N5OS2. The molecule has 0 spiro atoms. The quantitative estimate of drug-likeness (QED) is 0.786. The Kier molecular flexibility index (Phi) is 3.50. The van der Waals surface area contributed by atoms with Gasteiger partial charge in [0.1, 0.15) is 10.7 Å². The number of anilines is 1. The van der Waals surface area contributed by atoms with Crippen LogP contribution in [-0.2, 0) is 7.05 Å². The fourth-order valence-electron chi connectivity index (χ4n) is 2.37. The van der Waals surface area contributed by atoms with E-state index in [2.05, 4.69) is 20.5 Å². The van der Waals surface area contributed by atoms with Gasteiger partial charge in [-0.2, -0.15) is 0 Å². The van der Waals surface area contributed by atoms with Crippen molar-refractivity contribution in [3.8, 4) is 11.3 Å². The third-order valence-electron chi connectivity index (χ3n) is 3.74. The first-order chi connectivity index (χ1) is 11.1. The van der Waals surface area contributed by atoms with E-state index in [-0.39, 0.29) is 5.91 Å². The van der Waals surface area contributed by atoms with E-state index in [4.69, 9.17) is 0 Å². The van der Waals surface area contributed by atoms with Crippen LogP contribution in [0.25, 0.3) is 11.3 Å². The molecule has 0 aromatic carbocycles. The second-order valence-electron chi connectivity index (χ2n) is 5.65. The summed E-state index contributed by atoms with van der Waals surface area (Å²) in [6.07, 6.45) is 4.27. The molecular weight excluding hydrogens is 330 g/mol. The molecule has 0 saturated heterocycles. The monoisotopic (exact) mass is 345 g/mol. The van der Waals surface area contributed by atoms with Gasteiger partial charge in [0.05, 0.1) is 10.7 Å². The van der Waals surface area contributed by atoms with E-state index in [1.165, 1.54) is 24.2 Å². The maximum absolute atomic E-state index is 12.5. The molecule has 1 N–H and O–H groups in total. The summed E-state index contributed by atoms with van der Waals surface area (Å²) >= 11 is 3.06. The molecule has 6 nitrogen and oxygen atoms in total. The molecule has 118 valence electrons. The number of rotatable bonds is 4. The van der Waals surface area contributed by atoms with Gasteiger partial charge in [-0.25, -0.2) is 4.98 Å². The van der Waals surface area contributed by atoms with Gasteiger partial charge in [0.15, 0.2) is 0 Å². The Morgan fingerprint density at radius 3 is 2.91 bits per heavy atom. The number of carbonyl (C=O) groups excluding carboxylic acids is 1. The van der Waals surface area contributed by atoms with Gasteiger partial charge in [0, 0.05) is 30.1 Å². The molecule has 0 unspecified atom stereocenters. The molecule has 1 amide bonds. The highest BCUT2D eigenvalue weighted by Crippen LogP contribution is 2.42. The molecule has 0 atom stereocenters. The normalized spacial score (nSPS) is 14.2. The average Bonchev–Trinajstić information content (AvgIpc) is 2.92. The minimum absolute atomic E-state index is 0.177. The van der Waals surface area contributed by atoms with Crippen molar-refractivity contribution in [2.24, 2.45) is 7.05 Å². The predicted molar refractivity (Wildman–Crippen MR) is 91.1 cm³/mol. The molecule has 0 radical (unpaired) electrons. The van der Waals surface area contributed by atoms with Crippen LogP contribution in [-0.4, -0.2) is 25.7 Å². The van der Waals surface area contributed by atoms with Gasteiger partial charge < -0.3 is 4.57 Å². The first-order valence-corrected chi connectivity index (χ1v) is 9.03. The van der Waals surface area contributed by atoms with E-state index >= 15 is 0 Å². The van der Waals surface area contributed by atoms with Crippen molar-refractivity contribution in [1.82, 2.24) is 19.7 Å². The summed E-state index contributed by atoms with van der Waals surface area (Å²) in [5.41, 5.74) is 2.42. The van der Waals surface area contributed by atoms with E-state index < -0.39 is 0 Å². The number of amides is 1. The zero-order chi connectivity index (χ0) is 16.0. The first-order valence-electron chi connectivity index (χ1n) is 7.34. The van der Waals surface area contributed by atoms with E-state index in [9.17, 15) is 4.79 Å². The van der Waals surface area contributed by atoms with Crippen LogP contribution in [0.1, 0.15) is 39.3 Å². The Bertz CT molecular complexity index is 874. The van der Waals surface area contributed by atoms with Crippen LogP contribution in [0, 0.1) is 6.92 Å². The molecule has 0 bridgehead atoms. The van der Waals surface area contributed by atoms with Crippen LogP contribution in [0.2, 0.25) is 0 Å². The third kappa shape index (κ3) is 2.91. The molecule has 0 aliphatic heterocycles. The number of hydrogen-bond acceptors (Lipinski definition) is 6. The first kappa shape index (κ1) is 14.5. The van der Waals surface area contributed by atoms with E-state index in [1.54, 1.807) is 11.3 Å². The number of aryl methyl sites for hydroxylation is 2. The zero-order valence-electron chi connectivity index (χ0n) is 12.7. The van der Waals surface area contributed by atoms with Gasteiger partial charge in [-0.1, -0.05) is 11.3 Å². The minimum atomic E-state index is -0.177. The summed E-state index contributed by atoms with van der Waals surface area (Å²) in [6.45, 7) is 1.97. The van der Waals surface area contributed by atoms with Gasteiger partial charge in [-0.05, 0) is 25.8 Å². The molecule has 3 aromatic heterocycles. The van der Waals surface area contributed by atoms with Crippen LogP contribution in [0.5, 0.6) is 0 Å². The summed E-state index contributed by atoms with van der Waals surface area (Å²) in [5.74, 6) is 0.372. The smallest absolute Gasteiger partial charge is 0.274 e. The standard InChI is InChI=1S/C15H15N5OS2/c1-8-16-11(7-22-8)10-5-12(20(2)6-10)13(21)17-15-19-18-14(23-15)9-3-4-9/h5-7,9H,3-4H2,1-2H3,(H,17,19,21). The maximum atomic E-state index is 12.5. The highest BCUT2D eigenvalue weighted by Gasteiger charge is 2.28. The molecule has 3 aromatic rings. The van der Waals surface area contributed by atoms with Gasteiger partial charge in [-0.15, -0.1) is 21.5 Å². The molecule has 1 aliphatic rings. The predicted octanol–water partition coefficient (Wildman–Crippen LogP) is 3.44. The summed E-state index contributed by atoms with van der Waals surface area (Å²) < 4.78 is 1.81. The Balaban J connectivity index is 1.54. The lowest BCUT2D eigenvalue weighted by molar-refractivity contribution is 0.101. The molecule has 1 fully saturated rings. The van der Waals surface area contributed by atoms with Crippen molar-refractivity contribution >= 4 is 33.7 Å². The number of carbonyl (C=O) groups is 1. The fourth-order valence-corrected chi connectivity index (χ4v) is 3.90. The number of aromatic nitrogens is 4. The molecule has 1 aliphatic carbocycles. The van der Waals surface area contributed by atoms with Gasteiger partial charge >= 0.3 is 0 Å². The van der Waals surface area contributed by atoms with Crippen molar-refractivity contribution in [3.05, 3.63) is 33.4 Å². The molecule has 8 heteroatoms. The summed E-state index contributed by atoms with van der Waals surface area (Å²) in [5, 5.41) is 15.6. The Morgan fingerprint density at radius 1 is 1.39 bits per heavy atom. The third-order valence-corrected chi connectivity index (χ3v) is 5.51. The second kappa shape index (κ2) is 5.54. The lowest BCUT2D eigenvalue weighted by Crippen LogP contribution is -2.15. The highest BCUT2D eigenvalue weighted by molar-refractivity contribution is 7.15. The Morgan fingerprint density at radius 2 is 2.22 bits per heavy atom. The Labute approximate surface area is 141 Å². The summed E-state index contributed by atoms with van der Waals surface area (Å²) in [6, 6.07) is 1.85. The molecule has 4 rings (SSSR count). The second-order valence-corrected chi connectivity index (χ2v) is 7.72. The van der Waals surface area contributed by atoms with Crippen LogP contribution in [0.3, 0.4) is 0 Å². The fraction of sp³-hybridized carbons (Fsp3) is 0.333. The number of thiazole rings is 1. The van der Waals surface area contributed by atoms with Gasteiger partial charge in [0.25, 0.3) is 5.91 Å². The van der Waals surface area contributed by atoms with E-state index in [0.29, 0.717) is 16.7 Å². The number of nitrogens with zero attached hydrogens (tertiary/aromatic N) is 4. The van der Waals surface area contributed by atoms with Crippen LogP contribution >= 0.6 is 22.7 Å². The van der Waals surface area contributed by atoms with Crippen LogP contribution in [0.4, 0.5) is 5.13 Å². The van der Waals surface area contributed by atoms with E-state index in [1.807, 2.05) is 36.2 Å².